The highest BCUT2D eigenvalue weighted by Gasteiger charge is 2.23. The maximum Gasteiger partial charge on any atom is 0.316 e. The Hall–Kier alpha value is -1.74. The predicted molar refractivity (Wildman–Crippen MR) is 123 cm³/mol. The van der Waals surface area contributed by atoms with Crippen molar-refractivity contribution in [2.75, 3.05) is 56.7 Å². The van der Waals surface area contributed by atoms with Gasteiger partial charge in [0.25, 0.3) is 0 Å². The highest BCUT2D eigenvalue weighted by atomic mass is 35.5. The van der Waals surface area contributed by atoms with Gasteiger partial charge in [-0.25, -0.2) is 4.31 Å². The smallest absolute Gasteiger partial charge is 0.316 e. The number of anilines is 1. The number of hydrogen-bond donors (Lipinski definition) is 0. The number of benzene rings is 1. The maximum atomic E-state index is 13.3. The lowest BCUT2D eigenvalue weighted by Gasteiger charge is -2.35. The zero-order valence-corrected chi connectivity index (χ0v) is 19.1. The summed E-state index contributed by atoms with van der Waals surface area (Å²) in [6.45, 7) is 8.97. The molecule has 2 heterocycles. The fourth-order valence-corrected chi connectivity index (χ4v) is 4.25. The minimum atomic E-state index is -0.297. The molecular weight excluding hydrogens is 424 g/mol. The Balaban J connectivity index is 1.85. The lowest BCUT2D eigenvalue weighted by atomic mass is 10.3. The molecule has 1 aromatic heterocycles. The second kappa shape index (κ2) is 11.6. The third-order valence-corrected chi connectivity index (χ3v) is 6.26. The van der Waals surface area contributed by atoms with Crippen LogP contribution in [0.15, 0.2) is 35.3 Å². The van der Waals surface area contributed by atoms with Gasteiger partial charge in [0.1, 0.15) is 12.3 Å². The van der Waals surface area contributed by atoms with Gasteiger partial charge in [-0.1, -0.05) is 36.5 Å². The fraction of sp³-hybridized carbons (Fsp3) is 0.524. The number of halogens is 1. The topological polar surface area (TPSA) is 59.8 Å². The zero-order valence-electron chi connectivity index (χ0n) is 17.6. The van der Waals surface area contributed by atoms with Gasteiger partial charge < -0.3 is 14.4 Å². The summed E-state index contributed by atoms with van der Waals surface area (Å²) in [5.74, 6) is 1.43. The molecule has 1 aliphatic rings. The van der Waals surface area contributed by atoms with Crippen molar-refractivity contribution in [1.29, 1.82) is 0 Å². The summed E-state index contributed by atoms with van der Waals surface area (Å²) < 4.78 is 15.0. The first-order chi connectivity index (χ1) is 14.6. The van der Waals surface area contributed by atoms with Crippen molar-refractivity contribution in [1.82, 2.24) is 14.1 Å². The van der Waals surface area contributed by atoms with Crippen LogP contribution in [0, 0.1) is 0 Å². The molecule has 0 atom stereocenters. The first-order valence-electron chi connectivity index (χ1n) is 10.4. The Morgan fingerprint density at radius 3 is 2.67 bits per heavy atom. The number of nitrogens with zero attached hydrogens (tertiary/aromatic N) is 4. The van der Waals surface area contributed by atoms with Gasteiger partial charge >= 0.3 is 5.56 Å². The van der Waals surface area contributed by atoms with Gasteiger partial charge in [0, 0.05) is 43.6 Å². The monoisotopic (exact) mass is 452 g/mol. The van der Waals surface area contributed by atoms with Gasteiger partial charge in [0.05, 0.1) is 18.5 Å². The minimum Gasteiger partial charge on any atom is -0.484 e. The lowest BCUT2D eigenvalue weighted by molar-refractivity contribution is 0.109. The van der Waals surface area contributed by atoms with Crippen molar-refractivity contribution in [2.24, 2.45) is 0 Å². The molecule has 0 bridgehead atoms. The fourth-order valence-electron chi connectivity index (χ4n) is 3.21. The first-order valence-corrected chi connectivity index (χ1v) is 11.7. The molecule has 7 nitrogen and oxygen atoms in total. The summed E-state index contributed by atoms with van der Waals surface area (Å²) in [6.07, 6.45) is 2.88. The number of rotatable bonds is 10. The molecule has 30 heavy (non-hydrogen) atoms. The Morgan fingerprint density at radius 1 is 1.17 bits per heavy atom. The summed E-state index contributed by atoms with van der Waals surface area (Å²) in [7, 11) is 0. The molecule has 0 aliphatic carbocycles. The van der Waals surface area contributed by atoms with Crippen molar-refractivity contribution in [2.45, 2.75) is 20.3 Å². The molecular formula is C21H29ClN4O3S. The number of aromatic nitrogens is 2. The molecule has 3 rings (SSSR count). The van der Waals surface area contributed by atoms with E-state index in [0.717, 1.165) is 44.0 Å². The van der Waals surface area contributed by atoms with E-state index in [4.69, 9.17) is 21.1 Å². The van der Waals surface area contributed by atoms with Crippen LogP contribution in [0.5, 0.6) is 5.75 Å². The third kappa shape index (κ3) is 5.91. The van der Waals surface area contributed by atoms with Crippen LogP contribution in [0.4, 0.5) is 5.69 Å². The SMILES string of the molecule is CCCSN1CCN(c2cnn(-c3cccc(Cl)c3)c(=O)c2OCCOCC)CC1. The van der Waals surface area contributed by atoms with Crippen LogP contribution in [0.1, 0.15) is 20.3 Å². The van der Waals surface area contributed by atoms with E-state index in [1.807, 2.05) is 18.9 Å². The highest BCUT2D eigenvalue weighted by Crippen LogP contribution is 2.27. The molecule has 1 fully saturated rings. The molecule has 0 N–H and O–H groups in total. The average Bonchev–Trinajstić information content (AvgIpc) is 2.76. The Labute approximate surface area is 187 Å². The van der Waals surface area contributed by atoms with Crippen LogP contribution in [0.2, 0.25) is 5.02 Å². The number of hydrogen-bond acceptors (Lipinski definition) is 7. The molecule has 1 saturated heterocycles. The molecule has 164 valence electrons. The van der Waals surface area contributed by atoms with Gasteiger partial charge in [0.15, 0.2) is 0 Å². The number of ether oxygens (including phenoxy) is 2. The van der Waals surface area contributed by atoms with Crippen molar-refractivity contribution in [3.05, 3.63) is 45.8 Å². The van der Waals surface area contributed by atoms with Crippen LogP contribution >= 0.6 is 23.5 Å². The van der Waals surface area contributed by atoms with Gasteiger partial charge in [-0.15, -0.1) is 0 Å². The van der Waals surface area contributed by atoms with Crippen molar-refractivity contribution in [3.8, 4) is 11.4 Å². The zero-order chi connectivity index (χ0) is 21.3. The van der Waals surface area contributed by atoms with E-state index in [9.17, 15) is 4.79 Å². The molecule has 2 aromatic rings. The summed E-state index contributed by atoms with van der Waals surface area (Å²) >= 11 is 7.99. The standard InChI is InChI=1S/C21H29ClN4O3S/c1-3-14-30-25-10-8-24(9-11-25)19-16-23-26(18-7-5-6-17(22)15-18)21(27)20(19)29-13-12-28-4-2/h5-7,15-16H,3-4,8-14H2,1-2H3. The largest absolute Gasteiger partial charge is 0.484 e. The second-order valence-electron chi connectivity index (χ2n) is 6.85. The van der Waals surface area contributed by atoms with Crippen molar-refractivity contribution >= 4 is 29.2 Å². The van der Waals surface area contributed by atoms with E-state index in [1.54, 1.807) is 30.5 Å². The van der Waals surface area contributed by atoms with E-state index in [1.165, 1.54) is 4.68 Å². The summed E-state index contributed by atoms with van der Waals surface area (Å²) in [6, 6.07) is 7.07. The van der Waals surface area contributed by atoms with E-state index >= 15 is 0 Å². The van der Waals surface area contributed by atoms with E-state index in [0.29, 0.717) is 36.3 Å². The van der Waals surface area contributed by atoms with E-state index < -0.39 is 0 Å². The van der Waals surface area contributed by atoms with Gasteiger partial charge in [-0.05, 0) is 31.5 Å². The van der Waals surface area contributed by atoms with Crippen molar-refractivity contribution in [3.63, 3.8) is 0 Å². The highest BCUT2D eigenvalue weighted by molar-refractivity contribution is 7.97. The summed E-state index contributed by atoms with van der Waals surface area (Å²) in [5.41, 5.74) is 1.04. The van der Waals surface area contributed by atoms with Crippen LogP contribution in [-0.4, -0.2) is 65.8 Å². The summed E-state index contributed by atoms with van der Waals surface area (Å²) in [5, 5.41) is 4.96. The molecule has 9 heteroatoms. The Morgan fingerprint density at radius 2 is 1.97 bits per heavy atom. The van der Waals surface area contributed by atoms with Gasteiger partial charge in [-0.3, -0.25) is 4.79 Å². The Bertz CT molecular complexity index is 872. The van der Waals surface area contributed by atoms with E-state index in [-0.39, 0.29) is 5.56 Å². The molecule has 1 aromatic carbocycles. The van der Waals surface area contributed by atoms with Crippen LogP contribution < -0.4 is 15.2 Å². The van der Waals surface area contributed by atoms with E-state index in [2.05, 4.69) is 21.2 Å². The number of piperazine rings is 1. The lowest BCUT2D eigenvalue weighted by Crippen LogP contribution is -2.44. The predicted octanol–water partition coefficient (Wildman–Crippen LogP) is 3.48. The maximum absolute atomic E-state index is 13.3. The second-order valence-corrected chi connectivity index (χ2v) is 8.47. The van der Waals surface area contributed by atoms with Crippen LogP contribution in [-0.2, 0) is 4.74 Å². The van der Waals surface area contributed by atoms with Crippen LogP contribution in [0.3, 0.4) is 0 Å². The first kappa shape index (κ1) is 22.9. The molecule has 0 amide bonds. The minimum absolute atomic E-state index is 0.297. The third-order valence-electron chi connectivity index (χ3n) is 4.70. The van der Waals surface area contributed by atoms with Crippen LogP contribution in [0.25, 0.3) is 5.69 Å². The average molecular weight is 453 g/mol. The molecule has 1 aliphatic heterocycles. The van der Waals surface area contributed by atoms with Crippen molar-refractivity contribution < 1.29 is 9.47 Å². The van der Waals surface area contributed by atoms with Gasteiger partial charge in [-0.2, -0.15) is 9.78 Å². The normalized spacial score (nSPS) is 14.8. The Kier molecular flexibility index (Phi) is 8.87. The molecule has 0 unspecified atom stereocenters. The quantitative estimate of drug-likeness (QED) is 0.404. The summed E-state index contributed by atoms with van der Waals surface area (Å²) in [4.78, 5) is 15.4. The molecule has 0 saturated carbocycles. The van der Waals surface area contributed by atoms with Gasteiger partial charge in [0.2, 0.25) is 5.75 Å². The molecule has 0 radical (unpaired) electrons. The molecule has 0 spiro atoms.